The molecule has 30 heavy (non-hydrogen) atoms. The van der Waals surface area contributed by atoms with Crippen LogP contribution < -0.4 is 10.9 Å². The molecule has 7 nitrogen and oxygen atoms in total. The van der Waals surface area contributed by atoms with E-state index >= 15 is 0 Å². The van der Waals surface area contributed by atoms with Crippen molar-refractivity contribution < 1.29 is 14.3 Å². The van der Waals surface area contributed by atoms with Crippen LogP contribution in [0.1, 0.15) is 31.4 Å². The van der Waals surface area contributed by atoms with Crippen molar-refractivity contribution in [3.05, 3.63) is 52.4 Å². The van der Waals surface area contributed by atoms with Gasteiger partial charge in [-0.2, -0.15) is 0 Å². The number of anilines is 1. The second kappa shape index (κ2) is 8.44. The Balaban J connectivity index is 1.67. The summed E-state index contributed by atoms with van der Waals surface area (Å²) in [6.45, 7) is 3.86. The van der Waals surface area contributed by atoms with Crippen molar-refractivity contribution in [2.45, 2.75) is 32.2 Å². The molecule has 158 valence electrons. The Kier molecular flexibility index (Phi) is 5.72. The van der Waals surface area contributed by atoms with Gasteiger partial charge in [-0.05, 0) is 36.1 Å². The minimum Gasteiger partial charge on any atom is -0.384 e. The van der Waals surface area contributed by atoms with Crippen LogP contribution in [0.5, 0.6) is 0 Å². The second-order valence-electron chi connectivity index (χ2n) is 8.18. The van der Waals surface area contributed by atoms with Gasteiger partial charge in [0.15, 0.2) is 0 Å². The van der Waals surface area contributed by atoms with Gasteiger partial charge in [0.2, 0.25) is 11.8 Å². The third kappa shape index (κ3) is 4.03. The molecule has 0 radical (unpaired) electrons. The van der Waals surface area contributed by atoms with Gasteiger partial charge in [-0.15, -0.1) is 0 Å². The smallest absolute Gasteiger partial charge is 0.250 e. The summed E-state index contributed by atoms with van der Waals surface area (Å²) in [5, 5.41) is 2.78. The fourth-order valence-corrected chi connectivity index (χ4v) is 4.75. The molecule has 2 aliphatic rings. The number of methoxy groups -OCH3 is 1. The highest BCUT2D eigenvalue weighted by Gasteiger charge is 2.37. The monoisotopic (exact) mass is 409 g/mol. The number of hydrogen-bond acceptors (Lipinski definition) is 4. The molecule has 1 fully saturated rings. The zero-order chi connectivity index (χ0) is 21.3. The van der Waals surface area contributed by atoms with Crippen LogP contribution in [0.3, 0.4) is 0 Å². The number of carbonyl (C=O) groups excluding carboxylic acids is 2. The molecule has 2 aliphatic heterocycles. The number of benzene rings is 1. The third-order valence-electron chi connectivity index (χ3n) is 5.98. The standard InChI is InChI=1S/C23H27N3O4/c1-15(27)24-19-5-3-17(4-6-19)20-7-8-22(29)26-13-16-11-18(23(20)26)14-25(12-16)21(28)9-10-30-2/h3-8,16,18H,9-14H2,1-2H3,(H,24,27)/t16-,18+/m0/s1. The lowest BCUT2D eigenvalue weighted by Crippen LogP contribution is -2.49. The Bertz CT molecular complexity index is 1010. The van der Waals surface area contributed by atoms with E-state index in [0.29, 0.717) is 32.7 Å². The Labute approximate surface area is 175 Å². The molecule has 0 spiro atoms. The van der Waals surface area contributed by atoms with Crippen molar-refractivity contribution in [1.29, 1.82) is 0 Å². The van der Waals surface area contributed by atoms with Gasteiger partial charge in [0.25, 0.3) is 5.56 Å². The van der Waals surface area contributed by atoms with Crippen LogP contribution in [0, 0.1) is 5.92 Å². The Hall–Kier alpha value is -2.93. The lowest BCUT2D eigenvalue weighted by Gasteiger charge is -2.43. The number of pyridine rings is 1. The molecule has 1 saturated heterocycles. The van der Waals surface area contributed by atoms with Crippen LogP contribution in [-0.2, 0) is 20.9 Å². The van der Waals surface area contributed by atoms with E-state index in [1.807, 2.05) is 39.8 Å². The maximum Gasteiger partial charge on any atom is 0.250 e. The zero-order valence-corrected chi connectivity index (χ0v) is 17.4. The maximum atomic E-state index is 12.6. The Morgan fingerprint density at radius 2 is 1.87 bits per heavy atom. The molecule has 0 saturated carbocycles. The SMILES string of the molecule is COCCC(=O)N1C[C@@H]2C[C@H](C1)c1c(-c3ccc(NC(C)=O)cc3)ccc(=O)n1C2. The number of likely N-dealkylation sites (tertiary alicyclic amines) is 1. The molecule has 7 heteroatoms. The number of carbonyl (C=O) groups is 2. The molecule has 2 amide bonds. The number of piperidine rings is 1. The van der Waals surface area contributed by atoms with Gasteiger partial charge in [0.1, 0.15) is 0 Å². The number of ether oxygens (including phenoxy) is 1. The topological polar surface area (TPSA) is 80.6 Å². The number of rotatable bonds is 5. The summed E-state index contributed by atoms with van der Waals surface area (Å²) < 4.78 is 6.96. The number of nitrogens with zero attached hydrogens (tertiary/aromatic N) is 2. The predicted octanol–water partition coefficient (Wildman–Crippen LogP) is 2.46. The van der Waals surface area contributed by atoms with Gasteiger partial charge >= 0.3 is 0 Å². The van der Waals surface area contributed by atoms with E-state index in [4.69, 9.17) is 4.74 Å². The minimum absolute atomic E-state index is 0.0116. The van der Waals surface area contributed by atoms with E-state index in [2.05, 4.69) is 5.32 Å². The van der Waals surface area contributed by atoms with E-state index in [9.17, 15) is 14.4 Å². The molecule has 1 aromatic carbocycles. The van der Waals surface area contributed by atoms with Gasteiger partial charge in [-0.25, -0.2) is 0 Å². The lowest BCUT2D eigenvalue weighted by atomic mass is 9.80. The molecule has 2 atom stereocenters. The van der Waals surface area contributed by atoms with Crippen LogP contribution in [0.15, 0.2) is 41.2 Å². The second-order valence-corrected chi connectivity index (χ2v) is 8.18. The summed E-state index contributed by atoms with van der Waals surface area (Å²) in [6.07, 6.45) is 1.36. The molecule has 4 rings (SSSR count). The van der Waals surface area contributed by atoms with Crippen molar-refractivity contribution in [2.24, 2.45) is 5.92 Å². The number of aromatic nitrogens is 1. The van der Waals surface area contributed by atoms with E-state index in [1.165, 1.54) is 6.92 Å². The van der Waals surface area contributed by atoms with Crippen LogP contribution in [0.2, 0.25) is 0 Å². The normalized spacial score (nSPS) is 19.9. The van der Waals surface area contributed by atoms with Crippen molar-refractivity contribution in [1.82, 2.24) is 9.47 Å². The highest BCUT2D eigenvalue weighted by molar-refractivity contribution is 5.89. The van der Waals surface area contributed by atoms with E-state index in [-0.39, 0.29) is 29.2 Å². The number of nitrogens with one attached hydrogen (secondary N) is 1. The molecular formula is C23H27N3O4. The first-order valence-corrected chi connectivity index (χ1v) is 10.3. The molecule has 0 aliphatic carbocycles. The summed E-state index contributed by atoms with van der Waals surface area (Å²) in [5.74, 6) is 0.415. The number of fused-ring (bicyclic) bond motifs is 4. The summed E-state index contributed by atoms with van der Waals surface area (Å²) in [4.78, 5) is 38.4. The molecule has 0 unspecified atom stereocenters. The molecule has 3 heterocycles. The van der Waals surface area contributed by atoms with Crippen molar-refractivity contribution >= 4 is 17.5 Å². The van der Waals surface area contributed by atoms with Crippen LogP contribution in [0.25, 0.3) is 11.1 Å². The molecule has 1 N–H and O–H groups in total. The van der Waals surface area contributed by atoms with Crippen molar-refractivity contribution in [2.75, 3.05) is 32.1 Å². The highest BCUT2D eigenvalue weighted by atomic mass is 16.5. The molecule has 1 aromatic heterocycles. The molecule has 2 aromatic rings. The first-order chi connectivity index (χ1) is 14.5. The fraction of sp³-hybridized carbons (Fsp3) is 0.435. The van der Waals surface area contributed by atoms with E-state index in [0.717, 1.165) is 28.9 Å². The van der Waals surface area contributed by atoms with E-state index in [1.54, 1.807) is 13.2 Å². The van der Waals surface area contributed by atoms with Gasteiger partial charge < -0.3 is 19.5 Å². The van der Waals surface area contributed by atoms with Crippen molar-refractivity contribution in [3.63, 3.8) is 0 Å². The number of amides is 2. The Morgan fingerprint density at radius 1 is 1.10 bits per heavy atom. The average Bonchev–Trinajstić information content (AvgIpc) is 2.73. The van der Waals surface area contributed by atoms with Gasteiger partial charge in [0, 0.05) is 62.6 Å². The average molecular weight is 409 g/mol. The summed E-state index contributed by atoms with van der Waals surface area (Å²) in [5.41, 5.74) is 3.77. The van der Waals surface area contributed by atoms with Crippen LogP contribution in [0.4, 0.5) is 5.69 Å². The zero-order valence-electron chi connectivity index (χ0n) is 17.4. The maximum absolute atomic E-state index is 12.6. The minimum atomic E-state index is -0.113. The lowest BCUT2D eigenvalue weighted by molar-refractivity contribution is -0.134. The first kappa shape index (κ1) is 20.3. The van der Waals surface area contributed by atoms with Gasteiger partial charge in [0.05, 0.1) is 13.0 Å². The van der Waals surface area contributed by atoms with Gasteiger partial charge in [-0.3, -0.25) is 14.4 Å². The third-order valence-corrected chi connectivity index (χ3v) is 5.98. The van der Waals surface area contributed by atoms with Crippen LogP contribution in [-0.4, -0.2) is 48.1 Å². The van der Waals surface area contributed by atoms with Crippen LogP contribution >= 0.6 is 0 Å². The number of hydrogen-bond donors (Lipinski definition) is 1. The summed E-state index contributed by atoms with van der Waals surface area (Å²) >= 11 is 0. The molecular weight excluding hydrogens is 382 g/mol. The van der Waals surface area contributed by atoms with E-state index < -0.39 is 0 Å². The predicted molar refractivity (Wildman–Crippen MR) is 114 cm³/mol. The Morgan fingerprint density at radius 3 is 2.57 bits per heavy atom. The van der Waals surface area contributed by atoms with Gasteiger partial charge in [-0.1, -0.05) is 12.1 Å². The quantitative estimate of drug-likeness (QED) is 0.823. The summed E-state index contributed by atoms with van der Waals surface area (Å²) in [7, 11) is 1.60. The molecule has 2 bridgehead atoms. The highest BCUT2D eigenvalue weighted by Crippen LogP contribution is 2.40. The summed E-state index contributed by atoms with van der Waals surface area (Å²) in [6, 6.07) is 11.2. The largest absolute Gasteiger partial charge is 0.384 e. The first-order valence-electron chi connectivity index (χ1n) is 10.3. The van der Waals surface area contributed by atoms with Crippen molar-refractivity contribution in [3.8, 4) is 11.1 Å². The fourth-order valence-electron chi connectivity index (χ4n) is 4.75.